The summed E-state index contributed by atoms with van der Waals surface area (Å²) in [7, 11) is 0. The number of benzene rings is 1. The third kappa shape index (κ3) is 1.90. The van der Waals surface area contributed by atoms with Crippen LogP contribution in [0, 0.1) is 6.92 Å². The van der Waals surface area contributed by atoms with Gasteiger partial charge in [-0.2, -0.15) is 0 Å². The highest BCUT2D eigenvalue weighted by Crippen LogP contribution is 2.13. The third-order valence-corrected chi connectivity index (χ3v) is 2.76. The highest BCUT2D eigenvalue weighted by molar-refractivity contribution is 5.74. The fourth-order valence-electron chi connectivity index (χ4n) is 2.02. The average molecular weight is 239 g/mol. The van der Waals surface area contributed by atoms with Crippen molar-refractivity contribution in [2.24, 2.45) is 0 Å². The van der Waals surface area contributed by atoms with E-state index >= 15 is 0 Å². The van der Waals surface area contributed by atoms with E-state index in [1.807, 2.05) is 35.8 Å². The molecule has 5 nitrogen and oxygen atoms in total. The standard InChI is InChI=1S/C13H13N5/c1-9-6-12(14)17-13(16-9)7-18-8-15-10-4-2-3-5-11(10)18/h2-6,8H,7H2,1H3,(H2,14,16,17). The van der Waals surface area contributed by atoms with Crippen molar-refractivity contribution in [1.82, 2.24) is 19.5 Å². The molecule has 2 heterocycles. The second-order valence-corrected chi connectivity index (χ2v) is 4.21. The number of fused-ring (bicyclic) bond motifs is 1. The molecule has 0 bridgehead atoms. The molecule has 0 amide bonds. The number of nitrogens with zero attached hydrogens (tertiary/aromatic N) is 4. The maximum atomic E-state index is 5.73. The van der Waals surface area contributed by atoms with Gasteiger partial charge in [-0.15, -0.1) is 0 Å². The molecule has 0 aliphatic rings. The van der Waals surface area contributed by atoms with E-state index in [1.54, 1.807) is 12.4 Å². The number of para-hydroxylation sites is 2. The molecule has 18 heavy (non-hydrogen) atoms. The number of anilines is 1. The van der Waals surface area contributed by atoms with Crippen LogP contribution >= 0.6 is 0 Å². The molecule has 0 saturated carbocycles. The highest BCUT2D eigenvalue weighted by atomic mass is 15.1. The van der Waals surface area contributed by atoms with Crippen LogP contribution in [0.5, 0.6) is 0 Å². The van der Waals surface area contributed by atoms with Crippen molar-refractivity contribution in [3.05, 3.63) is 48.2 Å². The Balaban J connectivity index is 2.01. The van der Waals surface area contributed by atoms with Crippen LogP contribution < -0.4 is 5.73 Å². The van der Waals surface area contributed by atoms with Crippen LogP contribution in [-0.4, -0.2) is 19.5 Å². The first-order valence-corrected chi connectivity index (χ1v) is 5.72. The number of imidazole rings is 1. The van der Waals surface area contributed by atoms with Crippen LogP contribution in [0.15, 0.2) is 36.7 Å². The summed E-state index contributed by atoms with van der Waals surface area (Å²) >= 11 is 0. The minimum absolute atomic E-state index is 0.502. The largest absolute Gasteiger partial charge is 0.384 e. The van der Waals surface area contributed by atoms with E-state index in [0.717, 1.165) is 16.7 Å². The summed E-state index contributed by atoms with van der Waals surface area (Å²) in [5.41, 5.74) is 8.64. The van der Waals surface area contributed by atoms with E-state index in [-0.39, 0.29) is 0 Å². The Kier molecular flexibility index (Phi) is 2.44. The van der Waals surface area contributed by atoms with Gasteiger partial charge in [0.1, 0.15) is 5.82 Å². The normalized spacial score (nSPS) is 10.9. The van der Waals surface area contributed by atoms with E-state index in [4.69, 9.17) is 5.73 Å². The maximum Gasteiger partial charge on any atom is 0.150 e. The lowest BCUT2D eigenvalue weighted by molar-refractivity contribution is 0.760. The molecule has 0 unspecified atom stereocenters. The van der Waals surface area contributed by atoms with Crippen molar-refractivity contribution in [2.45, 2.75) is 13.5 Å². The molecule has 3 aromatic rings. The summed E-state index contributed by atoms with van der Waals surface area (Å²) in [5.74, 6) is 1.21. The quantitative estimate of drug-likeness (QED) is 0.739. The summed E-state index contributed by atoms with van der Waals surface area (Å²) in [6, 6.07) is 9.74. The Bertz CT molecular complexity index is 681. The van der Waals surface area contributed by atoms with Gasteiger partial charge in [-0.05, 0) is 19.1 Å². The Morgan fingerprint density at radius 3 is 2.89 bits per heavy atom. The van der Waals surface area contributed by atoms with E-state index < -0.39 is 0 Å². The smallest absolute Gasteiger partial charge is 0.150 e. The summed E-state index contributed by atoms with van der Waals surface area (Å²) in [6.07, 6.45) is 1.80. The predicted molar refractivity (Wildman–Crippen MR) is 70.0 cm³/mol. The third-order valence-electron chi connectivity index (χ3n) is 2.76. The summed E-state index contributed by atoms with van der Waals surface area (Å²) in [6.45, 7) is 2.49. The predicted octanol–water partition coefficient (Wildman–Crippen LogP) is 1.77. The minimum Gasteiger partial charge on any atom is -0.384 e. The molecule has 2 aromatic heterocycles. The van der Waals surface area contributed by atoms with Crippen molar-refractivity contribution in [1.29, 1.82) is 0 Å². The molecular weight excluding hydrogens is 226 g/mol. The number of hydrogen-bond donors (Lipinski definition) is 1. The van der Waals surface area contributed by atoms with Crippen LogP contribution in [0.4, 0.5) is 5.82 Å². The van der Waals surface area contributed by atoms with Gasteiger partial charge in [0.2, 0.25) is 0 Å². The highest BCUT2D eigenvalue weighted by Gasteiger charge is 2.05. The second kappa shape index (κ2) is 4.10. The minimum atomic E-state index is 0.502. The summed E-state index contributed by atoms with van der Waals surface area (Å²) in [4.78, 5) is 12.9. The van der Waals surface area contributed by atoms with Crippen LogP contribution in [0.2, 0.25) is 0 Å². The van der Waals surface area contributed by atoms with Gasteiger partial charge in [-0.25, -0.2) is 15.0 Å². The van der Waals surface area contributed by atoms with Crippen LogP contribution in [0.25, 0.3) is 11.0 Å². The zero-order chi connectivity index (χ0) is 12.5. The van der Waals surface area contributed by atoms with E-state index in [2.05, 4.69) is 15.0 Å². The fraction of sp³-hybridized carbons (Fsp3) is 0.154. The van der Waals surface area contributed by atoms with Gasteiger partial charge in [-0.1, -0.05) is 12.1 Å². The van der Waals surface area contributed by atoms with E-state index in [9.17, 15) is 0 Å². The first-order valence-electron chi connectivity index (χ1n) is 5.72. The molecular formula is C13H13N5. The SMILES string of the molecule is Cc1cc(N)nc(Cn2cnc3ccccc32)n1. The molecule has 1 aromatic carbocycles. The number of hydrogen-bond acceptors (Lipinski definition) is 4. The topological polar surface area (TPSA) is 69.6 Å². The van der Waals surface area contributed by atoms with Crippen LogP contribution in [-0.2, 0) is 6.54 Å². The summed E-state index contributed by atoms with van der Waals surface area (Å²) < 4.78 is 2.02. The second-order valence-electron chi connectivity index (χ2n) is 4.21. The van der Waals surface area contributed by atoms with Crippen molar-refractivity contribution >= 4 is 16.9 Å². The first-order chi connectivity index (χ1) is 8.72. The molecule has 0 fully saturated rings. The molecule has 0 atom stereocenters. The lowest BCUT2D eigenvalue weighted by Crippen LogP contribution is -2.06. The van der Waals surface area contributed by atoms with Gasteiger partial charge in [0, 0.05) is 11.8 Å². The maximum absolute atomic E-state index is 5.73. The lowest BCUT2D eigenvalue weighted by Gasteiger charge is -2.05. The Morgan fingerprint density at radius 1 is 1.22 bits per heavy atom. The van der Waals surface area contributed by atoms with Gasteiger partial charge in [0.25, 0.3) is 0 Å². The van der Waals surface area contributed by atoms with Crippen molar-refractivity contribution in [3.8, 4) is 0 Å². The molecule has 0 aliphatic carbocycles. The Labute approximate surface area is 104 Å². The monoisotopic (exact) mass is 239 g/mol. The number of aryl methyl sites for hydroxylation is 1. The molecule has 0 saturated heterocycles. The summed E-state index contributed by atoms with van der Waals surface area (Å²) in [5, 5.41) is 0. The number of rotatable bonds is 2. The van der Waals surface area contributed by atoms with E-state index in [1.165, 1.54) is 0 Å². The molecule has 0 aliphatic heterocycles. The molecule has 3 rings (SSSR count). The zero-order valence-electron chi connectivity index (χ0n) is 10.0. The van der Waals surface area contributed by atoms with Crippen LogP contribution in [0.3, 0.4) is 0 Å². The van der Waals surface area contributed by atoms with Crippen LogP contribution in [0.1, 0.15) is 11.5 Å². The number of nitrogen functional groups attached to an aromatic ring is 1. The lowest BCUT2D eigenvalue weighted by atomic mass is 10.3. The number of nitrogens with two attached hydrogens (primary N) is 1. The molecule has 90 valence electrons. The molecule has 5 heteroatoms. The molecule has 0 spiro atoms. The molecule has 0 radical (unpaired) electrons. The average Bonchev–Trinajstić information content (AvgIpc) is 2.72. The Morgan fingerprint density at radius 2 is 2.06 bits per heavy atom. The van der Waals surface area contributed by atoms with Gasteiger partial charge < -0.3 is 10.3 Å². The first kappa shape index (κ1) is 10.7. The fourth-order valence-corrected chi connectivity index (χ4v) is 2.02. The zero-order valence-corrected chi connectivity index (χ0v) is 10.0. The van der Waals surface area contributed by atoms with Gasteiger partial charge in [-0.3, -0.25) is 0 Å². The van der Waals surface area contributed by atoms with Crippen molar-refractivity contribution in [2.75, 3.05) is 5.73 Å². The van der Waals surface area contributed by atoms with Gasteiger partial charge >= 0.3 is 0 Å². The molecule has 2 N–H and O–H groups in total. The van der Waals surface area contributed by atoms with E-state index in [0.29, 0.717) is 18.2 Å². The Hall–Kier alpha value is -2.43. The number of aromatic nitrogens is 4. The van der Waals surface area contributed by atoms with Crippen molar-refractivity contribution in [3.63, 3.8) is 0 Å². The van der Waals surface area contributed by atoms with Gasteiger partial charge in [0.05, 0.1) is 23.9 Å². The van der Waals surface area contributed by atoms with Gasteiger partial charge in [0.15, 0.2) is 5.82 Å². The van der Waals surface area contributed by atoms with Crippen molar-refractivity contribution < 1.29 is 0 Å².